The molecule has 2 amide bonds. The van der Waals surface area contributed by atoms with E-state index in [1.54, 1.807) is 6.92 Å². The van der Waals surface area contributed by atoms with Crippen molar-refractivity contribution in [2.24, 2.45) is 0 Å². The van der Waals surface area contributed by atoms with Gasteiger partial charge in [-0.15, -0.1) is 11.8 Å². The van der Waals surface area contributed by atoms with Gasteiger partial charge in [-0.25, -0.2) is 0 Å². The molecular weight excluding hydrogens is 228 g/mol. The molecule has 0 fully saturated rings. The number of aliphatic hydroxyl groups is 1. The van der Waals surface area contributed by atoms with Crippen LogP contribution in [0.25, 0.3) is 0 Å². The Balaban J connectivity index is 3.48. The highest BCUT2D eigenvalue weighted by molar-refractivity contribution is 8.00. The first-order valence-electron chi connectivity index (χ1n) is 5.24. The van der Waals surface area contributed by atoms with E-state index < -0.39 is 6.10 Å². The molecule has 0 rings (SSSR count). The van der Waals surface area contributed by atoms with Gasteiger partial charge in [0.15, 0.2) is 0 Å². The third kappa shape index (κ3) is 8.55. The topological polar surface area (TPSA) is 78.4 Å². The van der Waals surface area contributed by atoms with Gasteiger partial charge in [0.25, 0.3) is 0 Å². The van der Waals surface area contributed by atoms with E-state index in [0.29, 0.717) is 18.8 Å². The lowest BCUT2D eigenvalue weighted by atomic mass is 10.3. The normalized spacial score (nSPS) is 14.0. The van der Waals surface area contributed by atoms with Crippen LogP contribution in [0.15, 0.2) is 0 Å². The highest BCUT2D eigenvalue weighted by atomic mass is 32.2. The van der Waals surface area contributed by atoms with Crippen molar-refractivity contribution in [2.45, 2.75) is 32.1 Å². The molecule has 16 heavy (non-hydrogen) atoms. The van der Waals surface area contributed by atoms with Crippen molar-refractivity contribution in [2.75, 3.05) is 18.8 Å². The van der Waals surface area contributed by atoms with Crippen LogP contribution in [-0.4, -0.2) is 47.1 Å². The van der Waals surface area contributed by atoms with Gasteiger partial charge in [-0.05, 0) is 6.92 Å². The maximum atomic E-state index is 11.3. The zero-order valence-corrected chi connectivity index (χ0v) is 10.8. The number of carbonyl (C=O) groups is 2. The molecule has 5 nitrogen and oxygen atoms in total. The average Bonchev–Trinajstić information content (AvgIpc) is 2.20. The predicted molar refractivity (Wildman–Crippen MR) is 65.3 cm³/mol. The molecule has 0 bridgehead atoms. The summed E-state index contributed by atoms with van der Waals surface area (Å²) in [6.07, 6.45) is -0.419. The molecule has 0 aliphatic carbocycles. The van der Waals surface area contributed by atoms with E-state index in [2.05, 4.69) is 10.6 Å². The molecule has 0 aromatic heterocycles. The fraction of sp³-hybridized carbons (Fsp3) is 0.800. The molecule has 0 aliphatic heterocycles. The zero-order chi connectivity index (χ0) is 12.6. The van der Waals surface area contributed by atoms with Crippen LogP contribution in [0.5, 0.6) is 0 Å². The van der Waals surface area contributed by atoms with Gasteiger partial charge >= 0.3 is 0 Å². The van der Waals surface area contributed by atoms with Crippen molar-refractivity contribution >= 4 is 23.6 Å². The van der Waals surface area contributed by atoms with E-state index in [-0.39, 0.29) is 17.1 Å². The second kappa shape index (κ2) is 8.41. The Morgan fingerprint density at radius 3 is 2.31 bits per heavy atom. The van der Waals surface area contributed by atoms with Crippen LogP contribution >= 0.6 is 11.8 Å². The Morgan fingerprint density at radius 1 is 1.25 bits per heavy atom. The van der Waals surface area contributed by atoms with Crippen LogP contribution in [0.2, 0.25) is 0 Å². The number of nitrogens with one attached hydrogen (secondary N) is 2. The molecule has 0 saturated carbocycles. The minimum absolute atomic E-state index is 0.0427. The third-order valence-corrected chi connectivity index (χ3v) is 3.33. The summed E-state index contributed by atoms with van der Waals surface area (Å²) in [6, 6.07) is 0. The predicted octanol–water partition coefficient (Wildman–Crippen LogP) is -0.259. The number of hydrogen-bond donors (Lipinski definition) is 3. The lowest BCUT2D eigenvalue weighted by Crippen LogP contribution is -2.35. The first-order chi connectivity index (χ1) is 7.43. The lowest BCUT2D eigenvalue weighted by molar-refractivity contribution is -0.120. The van der Waals surface area contributed by atoms with Crippen molar-refractivity contribution in [3.05, 3.63) is 0 Å². The summed E-state index contributed by atoms with van der Waals surface area (Å²) in [5, 5.41) is 14.5. The van der Waals surface area contributed by atoms with E-state index in [0.717, 1.165) is 0 Å². The molecule has 94 valence electrons. The highest BCUT2D eigenvalue weighted by Gasteiger charge is 2.11. The molecule has 3 N–H and O–H groups in total. The van der Waals surface area contributed by atoms with Crippen LogP contribution in [0.3, 0.4) is 0 Å². The third-order valence-electron chi connectivity index (χ3n) is 1.98. The summed E-state index contributed by atoms with van der Waals surface area (Å²) in [4.78, 5) is 21.8. The molecule has 0 aliphatic rings. The van der Waals surface area contributed by atoms with Crippen molar-refractivity contribution in [3.8, 4) is 0 Å². The molecule has 2 unspecified atom stereocenters. The average molecular weight is 248 g/mol. The molecule has 2 atom stereocenters. The summed E-state index contributed by atoms with van der Waals surface area (Å²) in [5.41, 5.74) is 0. The van der Waals surface area contributed by atoms with Gasteiger partial charge in [0.2, 0.25) is 11.8 Å². The second-order valence-corrected chi connectivity index (χ2v) is 4.96. The Hall–Kier alpha value is -0.750. The summed E-state index contributed by atoms with van der Waals surface area (Å²) in [6.45, 7) is 5.88. The number of thioether (sulfide) groups is 1. The van der Waals surface area contributed by atoms with E-state index in [9.17, 15) is 14.7 Å². The van der Waals surface area contributed by atoms with Crippen LogP contribution in [0.1, 0.15) is 20.8 Å². The maximum absolute atomic E-state index is 11.3. The second-order valence-electron chi connectivity index (χ2n) is 3.59. The van der Waals surface area contributed by atoms with Crippen molar-refractivity contribution in [1.82, 2.24) is 10.6 Å². The standard InChI is InChI=1S/C10H20N2O3S/c1-7(13)8(2)16-6-10(15)12-5-4-11-9(3)14/h7-8,13H,4-6H2,1-3H3,(H,11,14)(H,12,15). The van der Waals surface area contributed by atoms with Gasteiger partial charge in [-0.1, -0.05) is 6.92 Å². The molecule has 0 radical (unpaired) electrons. The minimum atomic E-state index is -0.419. The molecule has 0 aromatic carbocycles. The number of rotatable bonds is 7. The van der Waals surface area contributed by atoms with E-state index in [4.69, 9.17) is 0 Å². The van der Waals surface area contributed by atoms with Gasteiger partial charge in [0, 0.05) is 25.3 Å². The molecular formula is C10H20N2O3S. The smallest absolute Gasteiger partial charge is 0.230 e. The number of carbonyl (C=O) groups excluding carboxylic acids is 2. The fourth-order valence-corrected chi connectivity index (χ4v) is 1.63. The minimum Gasteiger partial charge on any atom is -0.392 e. The molecule has 0 saturated heterocycles. The van der Waals surface area contributed by atoms with Gasteiger partial charge < -0.3 is 15.7 Å². The first-order valence-corrected chi connectivity index (χ1v) is 6.29. The van der Waals surface area contributed by atoms with E-state index in [1.807, 2.05) is 6.92 Å². The number of aliphatic hydroxyl groups excluding tert-OH is 1. The van der Waals surface area contributed by atoms with E-state index in [1.165, 1.54) is 18.7 Å². The van der Waals surface area contributed by atoms with Crippen molar-refractivity contribution in [3.63, 3.8) is 0 Å². The zero-order valence-electron chi connectivity index (χ0n) is 9.95. The SMILES string of the molecule is CC(=O)NCCNC(=O)CSC(C)C(C)O. The number of amides is 2. The Morgan fingerprint density at radius 2 is 1.81 bits per heavy atom. The van der Waals surface area contributed by atoms with Crippen LogP contribution < -0.4 is 10.6 Å². The summed E-state index contributed by atoms with van der Waals surface area (Å²) in [7, 11) is 0. The van der Waals surface area contributed by atoms with Crippen molar-refractivity contribution < 1.29 is 14.7 Å². The number of hydrogen-bond acceptors (Lipinski definition) is 4. The van der Waals surface area contributed by atoms with Crippen LogP contribution in [-0.2, 0) is 9.59 Å². The summed E-state index contributed by atoms with van der Waals surface area (Å²) >= 11 is 1.41. The summed E-state index contributed by atoms with van der Waals surface area (Å²) < 4.78 is 0. The molecule has 0 spiro atoms. The first kappa shape index (κ1) is 15.2. The Kier molecular flexibility index (Phi) is 8.01. The summed E-state index contributed by atoms with van der Waals surface area (Å²) in [5.74, 6) is 0.140. The lowest BCUT2D eigenvalue weighted by Gasteiger charge is -2.13. The van der Waals surface area contributed by atoms with Gasteiger partial charge in [0.1, 0.15) is 0 Å². The Labute approximate surface area is 100 Å². The van der Waals surface area contributed by atoms with Gasteiger partial charge in [-0.3, -0.25) is 9.59 Å². The van der Waals surface area contributed by atoms with Crippen molar-refractivity contribution in [1.29, 1.82) is 0 Å². The fourth-order valence-electron chi connectivity index (χ4n) is 0.838. The quantitative estimate of drug-likeness (QED) is 0.543. The monoisotopic (exact) mass is 248 g/mol. The maximum Gasteiger partial charge on any atom is 0.230 e. The van der Waals surface area contributed by atoms with Gasteiger partial charge in [0.05, 0.1) is 11.9 Å². The molecule has 6 heteroatoms. The van der Waals surface area contributed by atoms with Crippen LogP contribution in [0, 0.1) is 0 Å². The Bertz CT molecular complexity index is 234. The van der Waals surface area contributed by atoms with E-state index >= 15 is 0 Å². The van der Waals surface area contributed by atoms with Gasteiger partial charge in [-0.2, -0.15) is 0 Å². The van der Waals surface area contributed by atoms with Crippen LogP contribution in [0.4, 0.5) is 0 Å². The largest absolute Gasteiger partial charge is 0.392 e. The highest BCUT2D eigenvalue weighted by Crippen LogP contribution is 2.13. The molecule has 0 aromatic rings. The molecule has 0 heterocycles.